The zero-order valence-corrected chi connectivity index (χ0v) is 14.1. The molecular formula is C19H18N4O3. The third-order valence-electron chi connectivity index (χ3n) is 4.55. The number of amides is 2. The highest BCUT2D eigenvalue weighted by molar-refractivity contribution is 6.46. The average Bonchev–Trinajstić information content (AvgIpc) is 3.24. The lowest BCUT2D eigenvalue weighted by atomic mass is 10.1. The number of nitrogens with one attached hydrogen (secondary N) is 1. The number of carbonyl (C=O) groups is 2. The number of hydrogen-bond acceptors (Lipinski definition) is 5. The number of ether oxygens (including phenoxy) is 1. The number of aromatic nitrogens is 1. The van der Waals surface area contributed by atoms with E-state index in [1.165, 1.54) is 0 Å². The van der Waals surface area contributed by atoms with Gasteiger partial charge in [0.1, 0.15) is 12.3 Å². The molecule has 2 aliphatic heterocycles. The molecular weight excluding hydrogens is 332 g/mol. The Hall–Kier alpha value is -3.22. The molecule has 2 aliphatic rings. The molecule has 132 valence electrons. The van der Waals surface area contributed by atoms with Gasteiger partial charge in [0.05, 0.1) is 6.54 Å². The normalized spacial score (nSPS) is 21.6. The number of rotatable bonds is 3. The van der Waals surface area contributed by atoms with E-state index >= 15 is 0 Å². The Morgan fingerprint density at radius 1 is 1.19 bits per heavy atom. The number of hydrogen-bond donors (Lipinski definition) is 1. The Morgan fingerprint density at radius 2 is 1.96 bits per heavy atom. The van der Waals surface area contributed by atoms with Gasteiger partial charge in [0.15, 0.2) is 5.66 Å². The van der Waals surface area contributed by atoms with Gasteiger partial charge in [0, 0.05) is 30.9 Å². The average molecular weight is 350 g/mol. The molecule has 7 heteroatoms. The maximum Gasteiger partial charge on any atom is 0.410 e. The van der Waals surface area contributed by atoms with Crippen LogP contribution in [0.5, 0.6) is 0 Å². The second kappa shape index (κ2) is 6.59. The SMILES string of the molecule is O=C1NC2(CCN(C(=O)OCc3ccccc3)C2)N=C1c1ccncc1. The molecule has 0 aliphatic carbocycles. The van der Waals surface area contributed by atoms with Gasteiger partial charge in [-0.1, -0.05) is 30.3 Å². The number of pyridine rings is 1. The molecule has 1 aromatic heterocycles. The first kappa shape index (κ1) is 16.3. The molecule has 0 radical (unpaired) electrons. The van der Waals surface area contributed by atoms with Crippen LogP contribution in [0.3, 0.4) is 0 Å². The molecule has 4 rings (SSSR count). The summed E-state index contributed by atoms with van der Waals surface area (Å²) in [4.78, 5) is 34.8. The Kier molecular flexibility index (Phi) is 4.12. The maximum absolute atomic E-state index is 12.3. The van der Waals surface area contributed by atoms with Crippen molar-refractivity contribution in [1.82, 2.24) is 15.2 Å². The van der Waals surface area contributed by atoms with Crippen LogP contribution in [0, 0.1) is 0 Å². The molecule has 7 nitrogen and oxygen atoms in total. The van der Waals surface area contributed by atoms with Crippen molar-refractivity contribution in [2.75, 3.05) is 13.1 Å². The summed E-state index contributed by atoms with van der Waals surface area (Å²) in [5.74, 6) is -0.226. The molecule has 1 aromatic carbocycles. The summed E-state index contributed by atoms with van der Waals surface area (Å²) >= 11 is 0. The number of benzene rings is 1. The van der Waals surface area contributed by atoms with E-state index in [1.807, 2.05) is 30.3 Å². The van der Waals surface area contributed by atoms with E-state index < -0.39 is 11.8 Å². The van der Waals surface area contributed by atoms with Crippen molar-refractivity contribution in [3.05, 3.63) is 66.0 Å². The molecule has 0 bridgehead atoms. The molecule has 1 saturated heterocycles. The fourth-order valence-electron chi connectivity index (χ4n) is 3.22. The van der Waals surface area contributed by atoms with Gasteiger partial charge < -0.3 is 15.0 Å². The van der Waals surface area contributed by atoms with Gasteiger partial charge >= 0.3 is 6.09 Å². The van der Waals surface area contributed by atoms with Gasteiger partial charge in [-0.2, -0.15) is 0 Å². The molecule has 2 aromatic rings. The Morgan fingerprint density at radius 3 is 2.73 bits per heavy atom. The Bertz CT molecular complexity index is 854. The van der Waals surface area contributed by atoms with Crippen LogP contribution >= 0.6 is 0 Å². The summed E-state index contributed by atoms with van der Waals surface area (Å²) in [6, 6.07) is 13.0. The molecule has 1 atom stereocenters. The Labute approximate surface area is 150 Å². The second-order valence-corrected chi connectivity index (χ2v) is 6.39. The molecule has 1 spiro atoms. The predicted molar refractivity (Wildman–Crippen MR) is 94.5 cm³/mol. The summed E-state index contributed by atoms with van der Waals surface area (Å²) in [7, 11) is 0. The fraction of sp³-hybridized carbons (Fsp3) is 0.263. The van der Waals surface area contributed by atoms with Crippen LogP contribution in [0.25, 0.3) is 0 Å². The second-order valence-electron chi connectivity index (χ2n) is 6.39. The zero-order valence-electron chi connectivity index (χ0n) is 14.1. The molecule has 26 heavy (non-hydrogen) atoms. The third-order valence-corrected chi connectivity index (χ3v) is 4.55. The minimum Gasteiger partial charge on any atom is -0.445 e. The standard InChI is InChI=1S/C19H18N4O3/c24-17-16(15-6-9-20-10-7-15)21-19(22-17)8-11-23(13-19)18(25)26-12-14-4-2-1-3-5-14/h1-7,9-10H,8,11-13H2,(H,22,24). The minimum atomic E-state index is -0.762. The first-order chi connectivity index (χ1) is 12.7. The van der Waals surface area contributed by atoms with Crippen LogP contribution in [0.1, 0.15) is 17.5 Å². The summed E-state index contributed by atoms with van der Waals surface area (Å²) in [5.41, 5.74) is 1.27. The monoisotopic (exact) mass is 350 g/mol. The van der Waals surface area contributed by atoms with Crippen LogP contribution in [-0.2, 0) is 16.1 Å². The lowest BCUT2D eigenvalue weighted by molar-refractivity contribution is -0.115. The highest BCUT2D eigenvalue weighted by Crippen LogP contribution is 2.28. The Balaban J connectivity index is 1.42. The number of aliphatic imine (C=N–C) groups is 1. The zero-order chi connectivity index (χ0) is 18.0. The van der Waals surface area contributed by atoms with Gasteiger partial charge in [-0.15, -0.1) is 0 Å². The van der Waals surface area contributed by atoms with E-state index in [0.717, 1.165) is 11.1 Å². The first-order valence-corrected chi connectivity index (χ1v) is 8.44. The largest absolute Gasteiger partial charge is 0.445 e. The minimum absolute atomic E-state index is 0.223. The highest BCUT2D eigenvalue weighted by Gasteiger charge is 2.46. The van der Waals surface area contributed by atoms with Crippen LogP contribution in [0.4, 0.5) is 4.79 Å². The van der Waals surface area contributed by atoms with E-state index in [2.05, 4.69) is 15.3 Å². The van der Waals surface area contributed by atoms with E-state index in [1.54, 1.807) is 29.4 Å². The third kappa shape index (κ3) is 3.15. The quantitative estimate of drug-likeness (QED) is 0.914. The molecule has 1 fully saturated rings. The van der Waals surface area contributed by atoms with Crippen molar-refractivity contribution < 1.29 is 14.3 Å². The number of carbonyl (C=O) groups excluding carboxylic acids is 2. The summed E-state index contributed by atoms with van der Waals surface area (Å²) in [5, 5.41) is 2.92. The lowest BCUT2D eigenvalue weighted by Crippen LogP contribution is -2.45. The summed E-state index contributed by atoms with van der Waals surface area (Å²) in [6.07, 6.45) is 3.41. The van der Waals surface area contributed by atoms with Crippen LogP contribution in [0.2, 0.25) is 0 Å². The van der Waals surface area contributed by atoms with E-state index in [4.69, 9.17) is 4.74 Å². The topological polar surface area (TPSA) is 83.9 Å². The van der Waals surface area contributed by atoms with Crippen molar-refractivity contribution in [2.24, 2.45) is 4.99 Å². The van der Waals surface area contributed by atoms with Crippen LogP contribution in [0.15, 0.2) is 59.9 Å². The van der Waals surface area contributed by atoms with Gasteiger partial charge in [-0.25, -0.2) is 9.79 Å². The molecule has 3 heterocycles. The van der Waals surface area contributed by atoms with Crippen molar-refractivity contribution in [2.45, 2.75) is 18.7 Å². The fourth-order valence-corrected chi connectivity index (χ4v) is 3.22. The van der Waals surface area contributed by atoms with E-state index in [9.17, 15) is 9.59 Å². The van der Waals surface area contributed by atoms with Gasteiger partial charge in [-0.3, -0.25) is 9.78 Å². The first-order valence-electron chi connectivity index (χ1n) is 8.44. The smallest absolute Gasteiger partial charge is 0.410 e. The van der Waals surface area contributed by atoms with Crippen molar-refractivity contribution in [3.8, 4) is 0 Å². The van der Waals surface area contributed by atoms with Gasteiger partial charge in [0.25, 0.3) is 5.91 Å². The predicted octanol–water partition coefficient (Wildman–Crippen LogP) is 1.74. The maximum atomic E-state index is 12.3. The molecule has 1 unspecified atom stereocenters. The molecule has 1 N–H and O–H groups in total. The summed E-state index contributed by atoms with van der Waals surface area (Å²) in [6.45, 7) is 1.02. The number of nitrogens with zero attached hydrogens (tertiary/aromatic N) is 3. The lowest BCUT2D eigenvalue weighted by Gasteiger charge is -2.21. The molecule has 0 saturated carbocycles. The van der Waals surface area contributed by atoms with Crippen LogP contribution in [-0.4, -0.2) is 46.3 Å². The van der Waals surface area contributed by atoms with Gasteiger partial charge in [0.2, 0.25) is 0 Å². The number of likely N-dealkylation sites (tertiary alicyclic amines) is 1. The summed E-state index contributed by atoms with van der Waals surface area (Å²) < 4.78 is 5.37. The van der Waals surface area contributed by atoms with Crippen molar-refractivity contribution >= 4 is 17.7 Å². The van der Waals surface area contributed by atoms with Gasteiger partial charge in [-0.05, 0) is 17.7 Å². The van der Waals surface area contributed by atoms with E-state index in [0.29, 0.717) is 25.2 Å². The molecule has 2 amide bonds. The van der Waals surface area contributed by atoms with E-state index in [-0.39, 0.29) is 12.5 Å². The van der Waals surface area contributed by atoms with Crippen molar-refractivity contribution in [3.63, 3.8) is 0 Å². The van der Waals surface area contributed by atoms with Crippen LogP contribution < -0.4 is 5.32 Å². The van der Waals surface area contributed by atoms with Crippen molar-refractivity contribution in [1.29, 1.82) is 0 Å². The highest BCUT2D eigenvalue weighted by atomic mass is 16.6.